The van der Waals surface area contributed by atoms with Crippen molar-refractivity contribution in [3.63, 3.8) is 0 Å². The van der Waals surface area contributed by atoms with Gasteiger partial charge in [0.25, 0.3) is 0 Å². The second-order valence-corrected chi connectivity index (χ2v) is 30.1. The lowest BCUT2D eigenvalue weighted by atomic mass is 9.99. The number of para-hydroxylation sites is 1. The molecule has 116 heavy (non-hydrogen) atoms. The molecule has 7 rings (SSSR count). The topological polar surface area (TPSA) is 537 Å². The van der Waals surface area contributed by atoms with E-state index in [1.54, 1.807) is 149 Å². The number of carbonyl (C=O) groups is 14. The Morgan fingerprint density at radius 3 is 1.41 bits per heavy atom. The number of phenolic OH excluding ortho intramolecular Hbond substituents is 1. The SMILES string of the molecule is CC(C)C[C@H](NC(=O)[C@H](CCC(=O)O)NC(=O)[C@@H]1CCCN1C(=O)[C@H](CC(C)C)NC(=O)[C@H](Cc1c[nH]c2ccccc12)NC(=O)[C@H](Cc1ccccc1)NC(=O)[C@H](Cc1ccccc1)NC(=O)[C@H](CC(N)=O)NC(=O)[C@H](CCCCN)NC(=O)[C@H](Cc1ccc(O)cc1)NC(=O)[C@@H](NC(=O)[C@@H](N)Cc1ccccc1)[C@@H](C)O)C(=O)O. The number of benzene rings is 5. The van der Waals surface area contributed by atoms with Crippen LogP contribution in [-0.2, 0) is 99.2 Å². The van der Waals surface area contributed by atoms with Gasteiger partial charge in [-0.1, -0.05) is 149 Å². The van der Waals surface area contributed by atoms with Crippen LogP contribution in [0.1, 0.15) is 127 Å². The van der Waals surface area contributed by atoms with Gasteiger partial charge in [-0.3, -0.25) is 62.3 Å². The van der Waals surface area contributed by atoms with Gasteiger partial charge in [-0.15, -0.1) is 0 Å². The minimum atomic E-state index is -1.86. The van der Waals surface area contributed by atoms with Crippen LogP contribution >= 0.6 is 0 Å². The number of aromatic nitrogens is 1. The number of amides is 12. The molecule has 0 unspecified atom stereocenters. The van der Waals surface area contributed by atoms with Crippen molar-refractivity contribution in [2.24, 2.45) is 29.0 Å². The van der Waals surface area contributed by atoms with Crippen molar-refractivity contribution in [1.29, 1.82) is 0 Å². The number of aromatic amines is 1. The molecule has 0 aliphatic carbocycles. The van der Waals surface area contributed by atoms with Gasteiger partial charge in [-0.05, 0) is 129 Å². The fraction of sp³-hybridized carbons (Fsp3) is 0.446. The Morgan fingerprint density at radius 1 is 0.474 bits per heavy atom. The van der Waals surface area contributed by atoms with Gasteiger partial charge >= 0.3 is 11.9 Å². The number of nitrogens with two attached hydrogens (primary N) is 3. The maximum absolute atomic E-state index is 15.4. The van der Waals surface area contributed by atoms with Gasteiger partial charge in [0.1, 0.15) is 72.2 Å². The molecule has 13 atom stereocenters. The van der Waals surface area contributed by atoms with E-state index >= 15 is 19.2 Å². The van der Waals surface area contributed by atoms with E-state index in [-0.39, 0.29) is 94.9 Å². The average molecular weight is 1600 g/mol. The molecular weight excluding hydrogens is 1490 g/mol. The molecular formula is C83H109N15O18. The van der Waals surface area contributed by atoms with Crippen molar-refractivity contribution in [3.8, 4) is 5.75 Å². The summed E-state index contributed by atoms with van der Waals surface area (Å²) < 4.78 is 0. The van der Waals surface area contributed by atoms with Gasteiger partial charge in [0, 0.05) is 55.7 Å². The first-order chi connectivity index (χ1) is 55.3. The number of nitrogens with one attached hydrogen (secondary N) is 11. The molecule has 0 radical (unpaired) electrons. The highest BCUT2D eigenvalue weighted by atomic mass is 16.4. The van der Waals surface area contributed by atoms with Crippen LogP contribution in [0.4, 0.5) is 0 Å². The number of fused-ring (bicyclic) bond motifs is 1. The molecule has 5 aromatic carbocycles. The van der Waals surface area contributed by atoms with Crippen LogP contribution in [0.3, 0.4) is 0 Å². The van der Waals surface area contributed by atoms with E-state index in [0.29, 0.717) is 51.6 Å². The normalized spacial score (nSPS) is 15.7. The van der Waals surface area contributed by atoms with Gasteiger partial charge in [0.15, 0.2) is 0 Å². The summed E-state index contributed by atoms with van der Waals surface area (Å²) in [6, 6.07) is 20.4. The largest absolute Gasteiger partial charge is 0.508 e. The highest BCUT2D eigenvalue weighted by Gasteiger charge is 2.42. The first kappa shape index (κ1) is 91.1. The molecule has 21 N–H and O–H groups in total. The Bertz CT molecular complexity index is 4340. The lowest BCUT2D eigenvalue weighted by Crippen LogP contribution is -2.62. The van der Waals surface area contributed by atoms with Crippen LogP contribution in [0.15, 0.2) is 146 Å². The molecule has 33 heteroatoms. The number of nitrogens with zero attached hydrogens (tertiary/aromatic N) is 1. The third kappa shape index (κ3) is 28.8. The highest BCUT2D eigenvalue weighted by Crippen LogP contribution is 2.24. The summed E-state index contributed by atoms with van der Waals surface area (Å²) in [5.74, 6) is -14.5. The first-order valence-corrected chi connectivity index (χ1v) is 38.9. The number of primary amides is 1. The number of hydrogen-bond acceptors (Lipinski definition) is 18. The van der Waals surface area contributed by atoms with Gasteiger partial charge in [0.05, 0.1) is 18.6 Å². The number of aromatic hydroxyl groups is 1. The lowest BCUT2D eigenvalue weighted by molar-refractivity contribution is -0.144. The van der Waals surface area contributed by atoms with Gasteiger partial charge in [-0.2, -0.15) is 0 Å². The van der Waals surface area contributed by atoms with Crippen molar-refractivity contribution in [3.05, 3.63) is 174 Å². The molecule has 0 spiro atoms. The number of aliphatic carboxylic acids is 2. The van der Waals surface area contributed by atoms with Crippen LogP contribution in [-0.4, -0.2) is 205 Å². The van der Waals surface area contributed by atoms with Gasteiger partial charge in [-0.25, -0.2) is 4.79 Å². The van der Waals surface area contributed by atoms with Crippen molar-refractivity contribution in [2.45, 2.75) is 210 Å². The monoisotopic (exact) mass is 1600 g/mol. The Morgan fingerprint density at radius 2 is 0.905 bits per heavy atom. The fourth-order valence-electron chi connectivity index (χ4n) is 13.6. The number of aliphatic hydroxyl groups excluding tert-OH is 1. The summed E-state index contributed by atoms with van der Waals surface area (Å²) in [6.45, 7) is 8.48. The molecule has 1 saturated heterocycles. The molecule has 1 fully saturated rings. The molecule has 1 aromatic heterocycles. The predicted molar refractivity (Wildman–Crippen MR) is 428 cm³/mol. The summed E-state index contributed by atoms with van der Waals surface area (Å²) >= 11 is 0. The van der Waals surface area contributed by atoms with E-state index in [1.165, 1.54) is 36.1 Å². The van der Waals surface area contributed by atoms with Crippen molar-refractivity contribution >= 4 is 93.7 Å². The lowest BCUT2D eigenvalue weighted by Gasteiger charge is -2.31. The van der Waals surface area contributed by atoms with Crippen LogP contribution in [0, 0.1) is 11.8 Å². The number of carbonyl (C=O) groups excluding carboxylic acids is 12. The van der Waals surface area contributed by atoms with Crippen molar-refractivity contribution < 1.29 is 87.5 Å². The van der Waals surface area contributed by atoms with Crippen LogP contribution in [0.2, 0.25) is 0 Å². The molecule has 12 amide bonds. The zero-order valence-corrected chi connectivity index (χ0v) is 65.7. The number of carboxylic acids is 2. The summed E-state index contributed by atoms with van der Waals surface area (Å²) in [5.41, 5.74) is 21.2. The fourth-order valence-corrected chi connectivity index (χ4v) is 13.6. The maximum Gasteiger partial charge on any atom is 0.326 e. The Labute approximate surface area is 672 Å². The first-order valence-electron chi connectivity index (χ1n) is 38.9. The van der Waals surface area contributed by atoms with Crippen LogP contribution in [0.25, 0.3) is 10.9 Å². The number of unbranched alkanes of at least 4 members (excludes halogenated alkanes) is 1. The van der Waals surface area contributed by atoms with Gasteiger partial charge in [0.2, 0.25) is 70.9 Å². The molecule has 624 valence electrons. The molecule has 6 aromatic rings. The minimum Gasteiger partial charge on any atom is -0.508 e. The second-order valence-electron chi connectivity index (χ2n) is 30.1. The van der Waals surface area contributed by atoms with Crippen molar-refractivity contribution in [1.82, 2.24) is 63.1 Å². The zero-order valence-electron chi connectivity index (χ0n) is 65.7. The average Bonchev–Trinajstić information content (AvgIpc) is 1.66. The quantitative estimate of drug-likeness (QED) is 0.0237. The van der Waals surface area contributed by atoms with E-state index < -0.39 is 181 Å². The molecule has 2 heterocycles. The highest BCUT2D eigenvalue weighted by molar-refractivity contribution is 6.01. The number of aliphatic hydroxyl groups is 1. The molecule has 0 saturated carbocycles. The van der Waals surface area contributed by atoms with E-state index in [1.807, 2.05) is 0 Å². The maximum atomic E-state index is 15.4. The smallest absolute Gasteiger partial charge is 0.326 e. The predicted octanol–water partition coefficient (Wildman–Crippen LogP) is 0.980. The number of carboxylic acid groups (broad SMARTS) is 2. The van der Waals surface area contributed by atoms with Crippen LogP contribution < -0.4 is 70.4 Å². The van der Waals surface area contributed by atoms with Crippen LogP contribution in [0.5, 0.6) is 5.75 Å². The number of hydrogen-bond donors (Lipinski definition) is 18. The van der Waals surface area contributed by atoms with Gasteiger partial charge < -0.3 is 101 Å². The van der Waals surface area contributed by atoms with Crippen molar-refractivity contribution in [2.75, 3.05) is 13.1 Å². The number of rotatable bonds is 46. The third-order valence-corrected chi connectivity index (χ3v) is 19.7. The summed E-state index contributed by atoms with van der Waals surface area (Å²) in [7, 11) is 0. The van der Waals surface area contributed by atoms with E-state index in [0.717, 1.165) is 0 Å². The molecule has 33 nitrogen and oxygen atoms in total. The summed E-state index contributed by atoms with van der Waals surface area (Å²) in [6.07, 6.45) is -1.88. The zero-order chi connectivity index (χ0) is 84.7. The molecule has 0 bridgehead atoms. The molecule has 1 aliphatic rings. The number of H-pyrrole nitrogens is 1. The van der Waals surface area contributed by atoms with E-state index in [2.05, 4.69) is 58.2 Å². The Balaban J connectivity index is 1.15. The minimum absolute atomic E-state index is 0.00471. The Hall–Kier alpha value is -12.1. The Kier molecular flexibility index (Phi) is 35.4. The molecule has 1 aliphatic heterocycles. The second kappa shape index (κ2) is 45.1. The number of phenols is 1. The standard InChI is InChI=1S/C83H109N15O18/c1-47(2)38-66(82(114)98-37-19-29-68(98)80(112)89-60(34-35-70(102)103)74(106)96-67(83(115)116)39-48(3)4)95-78(110)64(44-54-46-87-58-27-16-15-26-56(54)58)92-77(109)62(42-52-24-13-8-14-25-52)90-76(108)61(41-51-22-11-7-12-23-51)91-79(111)65(45-69(86)101)93-73(105)59(28-17-18-36-84)88-75(107)63(43-53-30-32-55(100)33-31-53)94-81(113)71(49(5)99)97-72(104)57(85)40-50-20-9-6-10-21-50/h6-16,20-27,30-33,46-49,57,59-68,71,87,99-100H,17-19,28-29,34-45,84-85H2,1-5H3,(H2,86,101)(H,88,107)(H,89,112)(H,90,108)(H,91,111)(H,92,109)(H,93,105)(H,94,113)(H,95,110)(H,96,106)(H,97,104)(H,102,103)(H,115,116)/t49-,57+,59+,60+,61+,62+,63+,64+,65+,66+,67+,68+,71+/m1/s1. The van der Waals surface area contributed by atoms with E-state index in [4.69, 9.17) is 17.2 Å². The van der Waals surface area contributed by atoms with E-state index in [9.17, 15) is 68.4 Å². The number of likely N-dealkylation sites (tertiary alicyclic amines) is 1. The summed E-state index contributed by atoms with van der Waals surface area (Å²) in [4.78, 5) is 203. The summed E-state index contributed by atoms with van der Waals surface area (Å²) in [5, 5.41) is 67.5. The third-order valence-electron chi connectivity index (χ3n) is 19.7.